The number of morpholine rings is 1. The SMILES string of the molecule is Cc1ccc(O)c(CN(C)CC2CNCCO2)c1. The van der Waals surface area contributed by atoms with E-state index in [1.54, 1.807) is 6.07 Å². The molecule has 0 saturated carbocycles. The number of likely N-dealkylation sites (N-methyl/N-ethyl adjacent to an activating group) is 1. The Balaban J connectivity index is 1.89. The zero-order valence-corrected chi connectivity index (χ0v) is 11.1. The number of ether oxygens (including phenoxy) is 1. The van der Waals surface area contributed by atoms with Crippen LogP contribution in [0, 0.1) is 6.92 Å². The Hall–Kier alpha value is -1.10. The van der Waals surface area contributed by atoms with Gasteiger partial charge in [-0.05, 0) is 20.0 Å². The third kappa shape index (κ3) is 3.70. The van der Waals surface area contributed by atoms with Crippen LogP contribution in [0.5, 0.6) is 5.75 Å². The Labute approximate surface area is 109 Å². The third-order valence-corrected chi connectivity index (χ3v) is 3.19. The summed E-state index contributed by atoms with van der Waals surface area (Å²) >= 11 is 0. The molecule has 2 rings (SSSR count). The minimum Gasteiger partial charge on any atom is -0.508 e. The van der Waals surface area contributed by atoms with Crippen LogP contribution >= 0.6 is 0 Å². The third-order valence-electron chi connectivity index (χ3n) is 3.19. The molecule has 1 unspecified atom stereocenters. The number of hydrogen-bond donors (Lipinski definition) is 2. The molecule has 0 aromatic heterocycles. The van der Waals surface area contributed by atoms with Crippen molar-refractivity contribution in [2.75, 3.05) is 33.3 Å². The van der Waals surface area contributed by atoms with Gasteiger partial charge >= 0.3 is 0 Å². The molecule has 0 spiro atoms. The first-order valence-electron chi connectivity index (χ1n) is 6.44. The van der Waals surface area contributed by atoms with Gasteiger partial charge in [0.25, 0.3) is 0 Å². The van der Waals surface area contributed by atoms with Crippen LogP contribution in [0.2, 0.25) is 0 Å². The zero-order chi connectivity index (χ0) is 13.0. The van der Waals surface area contributed by atoms with Crippen molar-refractivity contribution in [2.45, 2.75) is 19.6 Å². The van der Waals surface area contributed by atoms with E-state index >= 15 is 0 Å². The van der Waals surface area contributed by atoms with Gasteiger partial charge in [0.15, 0.2) is 0 Å². The Morgan fingerprint density at radius 3 is 3.06 bits per heavy atom. The highest BCUT2D eigenvalue weighted by Crippen LogP contribution is 2.19. The molecule has 4 heteroatoms. The number of aryl methyl sites for hydroxylation is 1. The second-order valence-electron chi connectivity index (χ2n) is 5.03. The minimum atomic E-state index is 0.246. The fraction of sp³-hybridized carbons (Fsp3) is 0.571. The first kappa shape index (κ1) is 13.3. The lowest BCUT2D eigenvalue weighted by atomic mass is 10.1. The van der Waals surface area contributed by atoms with Gasteiger partial charge < -0.3 is 15.2 Å². The molecule has 18 heavy (non-hydrogen) atoms. The number of nitrogens with one attached hydrogen (secondary N) is 1. The molecule has 1 saturated heterocycles. The van der Waals surface area contributed by atoms with E-state index in [1.165, 1.54) is 5.56 Å². The summed E-state index contributed by atoms with van der Waals surface area (Å²) in [5, 5.41) is 13.1. The minimum absolute atomic E-state index is 0.246. The van der Waals surface area contributed by atoms with Crippen molar-refractivity contribution in [3.8, 4) is 5.75 Å². The number of phenols is 1. The molecule has 0 amide bonds. The molecule has 0 bridgehead atoms. The van der Waals surface area contributed by atoms with Crippen molar-refractivity contribution in [2.24, 2.45) is 0 Å². The van der Waals surface area contributed by atoms with E-state index in [0.717, 1.165) is 38.3 Å². The number of aromatic hydroxyl groups is 1. The first-order valence-corrected chi connectivity index (χ1v) is 6.44. The molecule has 1 aromatic carbocycles. The smallest absolute Gasteiger partial charge is 0.120 e. The van der Waals surface area contributed by atoms with Crippen LogP contribution in [-0.2, 0) is 11.3 Å². The van der Waals surface area contributed by atoms with Gasteiger partial charge in [0.1, 0.15) is 5.75 Å². The molecule has 1 fully saturated rings. The topological polar surface area (TPSA) is 44.7 Å². The van der Waals surface area contributed by atoms with Crippen molar-refractivity contribution in [1.82, 2.24) is 10.2 Å². The number of phenolic OH excluding ortho intramolecular Hbond substituents is 1. The van der Waals surface area contributed by atoms with E-state index < -0.39 is 0 Å². The van der Waals surface area contributed by atoms with Crippen LogP contribution < -0.4 is 5.32 Å². The van der Waals surface area contributed by atoms with Gasteiger partial charge in [0.05, 0.1) is 12.7 Å². The lowest BCUT2D eigenvalue weighted by molar-refractivity contribution is 0.00875. The maximum absolute atomic E-state index is 9.82. The van der Waals surface area contributed by atoms with Crippen LogP contribution in [0.3, 0.4) is 0 Å². The van der Waals surface area contributed by atoms with Crippen molar-refractivity contribution >= 4 is 0 Å². The van der Waals surface area contributed by atoms with Crippen LogP contribution in [0.4, 0.5) is 0 Å². The molecule has 100 valence electrons. The largest absolute Gasteiger partial charge is 0.508 e. The van der Waals surface area contributed by atoms with Gasteiger partial charge in [-0.1, -0.05) is 17.7 Å². The molecule has 1 aliphatic heterocycles. The highest BCUT2D eigenvalue weighted by molar-refractivity contribution is 5.35. The van der Waals surface area contributed by atoms with E-state index in [9.17, 15) is 5.11 Å². The molecule has 1 atom stereocenters. The maximum Gasteiger partial charge on any atom is 0.120 e. The van der Waals surface area contributed by atoms with Gasteiger partial charge in [-0.15, -0.1) is 0 Å². The van der Waals surface area contributed by atoms with Crippen LogP contribution in [-0.4, -0.2) is 49.4 Å². The van der Waals surface area contributed by atoms with Crippen molar-refractivity contribution in [3.05, 3.63) is 29.3 Å². The van der Waals surface area contributed by atoms with Crippen LogP contribution in [0.25, 0.3) is 0 Å². The molecular weight excluding hydrogens is 228 g/mol. The second-order valence-corrected chi connectivity index (χ2v) is 5.03. The number of nitrogens with zero attached hydrogens (tertiary/aromatic N) is 1. The summed E-state index contributed by atoms with van der Waals surface area (Å²) in [6.45, 7) is 6.29. The maximum atomic E-state index is 9.82. The summed E-state index contributed by atoms with van der Waals surface area (Å²) in [7, 11) is 2.06. The number of benzene rings is 1. The van der Waals surface area contributed by atoms with Gasteiger partial charge in [0, 0.05) is 31.7 Å². The average Bonchev–Trinajstić information content (AvgIpc) is 2.35. The van der Waals surface area contributed by atoms with E-state index in [0.29, 0.717) is 5.75 Å². The monoisotopic (exact) mass is 250 g/mol. The summed E-state index contributed by atoms with van der Waals surface area (Å²) < 4.78 is 5.67. The quantitative estimate of drug-likeness (QED) is 0.840. The predicted octanol–water partition coefficient (Wildman–Crippen LogP) is 1.12. The Bertz CT molecular complexity index is 389. The molecule has 4 nitrogen and oxygen atoms in total. The summed E-state index contributed by atoms with van der Waals surface area (Å²) in [6.07, 6.45) is 0.246. The van der Waals surface area contributed by atoms with E-state index in [1.807, 2.05) is 19.1 Å². The Morgan fingerprint density at radius 1 is 1.50 bits per heavy atom. The summed E-state index contributed by atoms with van der Waals surface area (Å²) in [4.78, 5) is 2.19. The number of hydrogen-bond acceptors (Lipinski definition) is 4. The van der Waals surface area contributed by atoms with E-state index in [4.69, 9.17) is 4.74 Å². The highest BCUT2D eigenvalue weighted by atomic mass is 16.5. The summed E-state index contributed by atoms with van der Waals surface area (Å²) in [6, 6.07) is 5.72. The Kier molecular flexibility index (Phi) is 4.58. The van der Waals surface area contributed by atoms with Gasteiger partial charge in [-0.2, -0.15) is 0 Å². The second kappa shape index (κ2) is 6.18. The Morgan fingerprint density at radius 2 is 2.33 bits per heavy atom. The molecule has 1 aromatic rings. The lowest BCUT2D eigenvalue weighted by Crippen LogP contribution is -2.44. The molecule has 0 radical (unpaired) electrons. The summed E-state index contributed by atoms with van der Waals surface area (Å²) in [5.41, 5.74) is 2.15. The average molecular weight is 250 g/mol. The first-order chi connectivity index (χ1) is 8.65. The normalized spacial score (nSPS) is 20.3. The highest BCUT2D eigenvalue weighted by Gasteiger charge is 2.16. The van der Waals surface area contributed by atoms with Crippen molar-refractivity contribution in [1.29, 1.82) is 0 Å². The summed E-state index contributed by atoms with van der Waals surface area (Å²) in [5.74, 6) is 0.370. The lowest BCUT2D eigenvalue weighted by Gasteiger charge is -2.28. The molecule has 1 heterocycles. The van der Waals surface area contributed by atoms with E-state index in [2.05, 4.69) is 17.3 Å². The van der Waals surface area contributed by atoms with Gasteiger partial charge in [-0.3, -0.25) is 4.90 Å². The fourth-order valence-electron chi connectivity index (χ4n) is 2.28. The zero-order valence-electron chi connectivity index (χ0n) is 11.1. The van der Waals surface area contributed by atoms with Gasteiger partial charge in [-0.25, -0.2) is 0 Å². The standard InChI is InChI=1S/C14H22N2O2/c1-11-3-4-14(17)12(7-11)9-16(2)10-13-8-15-5-6-18-13/h3-4,7,13,15,17H,5-6,8-10H2,1-2H3. The van der Waals surface area contributed by atoms with E-state index in [-0.39, 0.29) is 6.10 Å². The van der Waals surface area contributed by atoms with Gasteiger partial charge in [0.2, 0.25) is 0 Å². The van der Waals surface area contributed by atoms with Crippen LogP contribution in [0.1, 0.15) is 11.1 Å². The fourth-order valence-corrected chi connectivity index (χ4v) is 2.28. The van der Waals surface area contributed by atoms with Crippen molar-refractivity contribution in [3.63, 3.8) is 0 Å². The molecule has 0 aliphatic carbocycles. The van der Waals surface area contributed by atoms with Crippen molar-refractivity contribution < 1.29 is 9.84 Å². The van der Waals surface area contributed by atoms with Crippen LogP contribution in [0.15, 0.2) is 18.2 Å². The number of rotatable bonds is 4. The molecule has 2 N–H and O–H groups in total. The molecular formula is C14H22N2O2. The molecule has 1 aliphatic rings. The predicted molar refractivity (Wildman–Crippen MR) is 71.8 cm³/mol.